The highest BCUT2D eigenvalue weighted by atomic mass is 32.2. The zero-order valence-corrected chi connectivity index (χ0v) is 24.4. The van der Waals surface area contributed by atoms with E-state index in [0.29, 0.717) is 0 Å². The standard InChI is InChI=1S/C26H31N2O2S.C2H3F3O3S/c1-27(2)20-7-13-23(14-8-20)31(24-15-9-21(10-16-24)28(3)4)25-17-11-22(12-18-25)30-26-6-5-19-29-26;3-2(4,5)1-9(6,7)8/h7-18,26H,5-6,19H2,1-4H3;1H2,(H,6,7,8)/q+1;/p-1. The molecule has 0 spiro atoms. The summed E-state index contributed by atoms with van der Waals surface area (Å²) in [6.45, 7) is 0.790. The molecule has 3 aromatic rings. The van der Waals surface area contributed by atoms with Crippen LogP contribution in [-0.2, 0) is 25.7 Å². The zero-order chi connectivity index (χ0) is 29.5. The van der Waals surface area contributed by atoms with Gasteiger partial charge in [-0.15, -0.1) is 0 Å². The Morgan fingerprint density at radius 3 is 1.57 bits per heavy atom. The number of rotatable bonds is 8. The summed E-state index contributed by atoms with van der Waals surface area (Å²) in [5.41, 5.74) is 2.41. The summed E-state index contributed by atoms with van der Waals surface area (Å²) in [5, 5.41) is 0. The van der Waals surface area contributed by atoms with Gasteiger partial charge in [0.1, 0.15) is 21.6 Å². The fourth-order valence-corrected chi connectivity index (χ4v) is 6.26. The Labute approximate surface area is 236 Å². The normalized spacial score (nSPS) is 15.4. The fourth-order valence-electron chi connectivity index (χ4n) is 3.82. The highest BCUT2D eigenvalue weighted by Gasteiger charge is 2.31. The van der Waals surface area contributed by atoms with Gasteiger partial charge in [0.05, 0.1) is 17.5 Å². The largest absolute Gasteiger partial charge is 0.748 e. The van der Waals surface area contributed by atoms with Crippen molar-refractivity contribution in [2.75, 3.05) is 50.4 Å². The average molecular weight is 599 g/mol. The molecule has 1 aliphatic rings. The molecule has 0 aromatic heterocycles. The van der Waals surface area contributed by atoms with Crippen molar-refractivity contribution >= 4 is 32.4 Å². The van der Waals surface area contributed by atoms with Gasteiger partial charge >= 0.3 is 6.18 Å². The molecule has 0 radical (unpaired) electrons. The molecule has 1 fully saturated rings. The topological polar surface area (TPSA) is 82.1 Å². The summed E-state index contributed by atoms with van der Waals surface area (Å²) < 4.78 is 72.6. The molecule has 1 unspecified atom stereocenters. The first kappa shape index (κ1) is 31.6. The molecule has 0 saturated carbocycles. The van der Waals surface area contributed by atoms with E-state index in [-0.39, 0.29) is 17.2 Å². The van der Waals surface area contributed by atoms with E-state index >= 15 is 0 Å². The molecule has 1 atom stereocenters. The molecular formula is C28H33F3N2O5S2. The van der Waals surface area contributed by atoms with Crippen molar-refractivity contribution in [1.82, 2.24) is 0 Å². The summed E-state index contributed by atoms with van der Waals surface area (Å²) in [4.78, 5) is 8.14. The molecule has 12 heteroatoms. The molecule has 4 rings (SSSR count). The lowest BCUT2D eigenvalue weighted by molar-refractivity contribution is -0.107. The molecular weight excluding hydrogens is 565 g/mol. The van der Waals surface area contributed by atoms with Gasteiger partial charge in [0.15, 0.2) is 21.0 Å². The Hall–Kier alpha value is -2.93. The van der Waals surface area contributed by atoms with Gasteiger partial charge in [0, 0.05) is 46.0 Å². The van der Waals surface area contributed by atoms with E-state index in [4.69, 9.17) is 9.47 Å². The van der Waals surface area contributed by atoms with Crippen LogP contribution in [-0.4, -0.2) is 66.0 Å². The molecule has 1 aliphatic heterocycles. The van der Waals surface area contributed by atoms with Gasteiger partial charge in [-0.05, 0) is 79.2 Å². The van der Waals surface area contributed by atoms with Crippen LogP contribution in [0, 0.1) is 0 Å². The highest BCUT2D eigenvalue weighted by molar-refractivity contribution is 7.97. The van der Waals surface area contributed by atoms with Gasteiger partial charge < -0.3 is 23.8 Å². The minimum Gasteiger partial charge on any atom is -0.748 e. The molecule has 218 valence electrons. The smallest absolute Gasteiger partial charge is 0.401 e. The second-order valence-electron chi connectivity index (χ2n) is 9.43. The van der Waals surface area contributed by atoms with Gasteiger partial charge in [-0.25, -0.2) is 8.42 Å². The number of anilines is 2. The maximum atomic E-state index is 11.0. The Morgan fingerprint density at radius 2 is 1.27 bits per heavy atom. The number of benzene rings is 3. The maximum Gasteiger partial charge on any atom is 0.401 e. The lowest BCUT2D eigenvalue weighted by atomic mass is 10.3. The van der Waals surface area contributed by atoms with Crippen molar-refractivity contribution in [1.29, 1.82) is 0 Å². The van der Waals surface area contributed by atoms with Crippen LogP contribution in [0.3, 0.4) is 0 Å². The SMILES string of the molecule is CN(C)c1ccc([S+](c2ccc(OC3CCCO3)cc2)c2ccc(N(C)C)cc2)cc1.O=S(=O)([O-])CC(F)(F)F. The molecule has 40 heavy (non-hydrogen) atoms. The molecule has 0 bridgehead atoms. The quantitative estimate of drug-likeness (QED) is 0.249. The third kappa shape index (κ3) is 9.92. The third-order valence-electron chi connectivity index (χ3n) is 5.73. The number of halogens is 3. The van der Waals surface area contributed by atoms with Crippen molar-refractivity contribution < 1.29 is 35.6 Å². The van der Waals surface area contributed by atoms with Crippen molar-refractivity contribution in [3.8, 4) is 5.75 Å². The Kier molecular flexibility index (Phi) is 10.8. The second kappa shape index (κ2) is 13.6. The minimum absolute atomic E-state index is 0.110. The summed E-state index contributed by atoms with van der Waals surface area (Å²) in [6.07, 6.45) is -3.00. The van der Waals surface area contributed by atoms with Gasteiger partial charge in [-0.2, -0.15) is 13.2 Å². The maximum absolute atomic E-state index is 11.0. The number of hydrogen-bond acceptors (Lipinski definition) is 7. The van der Waals surface area contributed by atoms with E-state index in [1.807, 2.05) is 0 Å². The summed E-state index contributed by atoms with van der Waals surface area (Å²) >= 11 is 0. The van der Waals surface area contributed by atoms with Gasteiger partial charge in [0.2, 0.25) is 0 Å². The van der Waals surface area contributed by atoms with Crippen LogP contribution >= 0.6 is 0 Å². The van der Waals surface area contributed by atoms with E-state index in [2.05, 4.69) is 111 Å². The fraction of sp³-hybridized carbons (Fsp3) is 0.357. The first-order valence-corrected chi connectivity index (χ1v) is 15.2. The van der Waals surface area contributed by atoms with Crippen molar-refractivity contribution in [2.45, 2.75) is 40.0 Å². The predicted octanol–water partition coefficient (Wildman–Crippen LogP) is 5.52. The Balaban J connectivity index is 0.000000424. The molecule has 3 aromatic carbocycles. The van der Waals surface area contributed by atoms with E-state index < -0.39 is 22.0 Å². The van der Waals surface area contributed by atoms with Gasteiger partial charge in [-0.1, -0.05) is 0 Å². The molecule has 1 saturated heterocycles. The van der Waals surface area contributed by atoms with Crippen molar-refractivity contribution in [3.05, 3.63) is 72.8 Å². The van der Waals surface area contributed by atoms with E-state index in [9.17, 15) is 26.1 Å². The van der Waals surface area contributed by atoms with Crippen LogP contribution in [0.5, 0.6) is 5.75 Å². The molecule has 0 amide bonds. The summed E-state index contributed by atoms with van der Waals surface area (Å²) in [6, 6.07) is 26.3. The number of alkyl halides is 3. The predicted molar refractivity (Wildman–Crippen MR) is 150 cm³/mol. The van der Waals surface area contributed by atoms with E-state index in [1.165, 1.54) is 26.1 Å². The molecule has 1 heterocycles. The number of nitrogens with zero attached hydrogens (tertiary/aromatic N) is 2. The first-order chi connectivity index (χ1) is 18.7. The Morgan fingerprint density at radius 1 is 0.850 bits per heavy atom. The average Bonchev–Trinajstić information content (AvgIpc) is 3.37. The lowest BCUT2D eigenvalue weighted by Crippen LogP contribution is -2.21. The molecule has 0 N–H and O–H groups in total. The van der Waals surface area contributed by atoms with Gasteiger partial charge in [0.25, 0.3) is 0 Å². The summed E-state index contributed by atoms with van der Waals surface area (Å²) in [7, 11) is 2.93. The van der Waals surface area contributed by atoms with Crippen LogP contribution in [0.4, 0.5) is 24.5 Å². The Bertz CT molecular complexity index is 1260. The monoisotopic (exact) mass is 598 g/mol. The van der Waals surface area contributed by atoms with Crippen molar-refractivity contribution in [3.63, 3.8) is 0 Å². The lowest BCUT2D eigenvalue weighted by Gasteiger charge is -2.15. The van der Waals surface area contributed by atoms with Crippen LogP contribution in [0.2, 0.25) is 0 Å². The van der Waals surface area contributed by atoms with Crippen LogP contribution in [0.15, 0.2) is 87.5 Å². The molecule has 0 aliphatic carbocycles. The second-order valence-corrected chi connectivity index (χ2v) is 12.9. The highest BCUT2D eigenvalue weighted by Crippen LogP contribution is 2.34. The minimum atomic E-state index is -5.16. The van der Waals surface area contributed by atoms with E-state index in [1.54, 1.807) is 0 Å². The zero-order valence-electron chi connectivity index (χ0n) is 22.7. The van der Waals surface area contributed by atoms with Crippen LogP contribution in [0.1, 0.15) is 12.8 Å². The summed E-state index contributed by atoms with van der Waals surface area (Å²) in [5.74, 6) is -1.43. The van der Waals surface area contributed by atoms with Crippen LogP contribution < -0.4 is 14.5 Å². The molecule has 7 nitrogen and oxygen atoms in total. The number of hydrogen-bond donors (Lipinski definition) is 0. The van der Waals surface area contributed by atoms with Crippen molar-refractivity contribution in [2.24, 2.45) is 0 Å². The third-order valence-corrected chi connectivity index (χ3v) is 8.64. The first-order valence-electron chi connectivity index (χ1n) is 12.4. The number of ether oxygens (including phenoxy) is 2. The van der Waals surface area contributed by atoms with Gasteiger partial charge in [-0.3, -0.25) is 0 Å². The van der Waals surface area contributed by atoms with Crippen LogP contribution in [0.25, 0.3) is 0 Å². The van der Waals surface area contributed by atoms with E-state index in [0.717, 1.165) is 25.2 Å².